The van der Waals surface area contributed by atoms with Gasteiger partial charge in [-0.05, 0) is 108 Å². The Morgan fingerprint density at radius 2 is 0.809 bits per heavy atom. The average molecular weight is 947 g/mol. The second-order valence-electron chi connectivity index (χ2n) is 27.3. The lowest BCUT2D eigenvalue weighted by Gasteiger charge is -2.37. The summed E-state index contributed by atoms with van der Waals surface area (Å²) in [6, 6.07) is 18.9. The van der Waals surface area contributed by atoms with E-state index >= 15 is 0 Å². The van der Waals surface area contributed by atoms with Crippen molar-refractivity contribution < 1.29 is 18.7 Å². The van der Waals surface area contributed by atoms with Crippen LogP contribution in [-0.2, 0) is 49.7 Å². The van der Waals surface area contributed by atoms with Gasteiger partial charge in [-0.2, -0.15) is 0 Å². The molecule has 4 aromatic carbocycles. The molecule has 0 fully saturated rings. The van der Waals surface area contributed by atoms with Crippen LogP contribution in [0.5, 0.6) is 23.0 Å². The van der Waals surface area contributed by atoms with Gasteiger partial charge in [0.25, 0.3) is 0 Å². The third-order valence-electron chi connectivity index (χ3n) is 16.3. The van der Waals surface area contributed by atoms with E-state index < -0.39 is 8.60 Å². The van der Waals surface area contributed by atoms with Crippen molar-refractivity contribution in [2.75, 3.05) is 0 Å². The molecule has 0 saturated carbocycles. The van der Waals surface area contributed by atoms with E-state index in [1.807, 2.05) is 0 Å². The van der Waals surface area contributed by atoms with Crippen LogP contribution >= 0.6 is 8.60 Å². The van der Waals surface area contributed by atoms with Crippen LogP contribution in [0.3, 0.4) is 0 Å². The van der Waals surface area contributed by atoms with Crippen molar-refractivity contribution >= 4 is 8.60 Å². The van der Waals surface area contributed by atoms with Gasteiger partial charge in [0.1, 0.15) is 23.0 Å². The second kappa shape index (κ2) is 18.9. The molecule has 4 nitrogen and oxygen atoms in total. The van der Waals surface area contributed by atoms with Crippen molar-refractivity contribution in [1.29, 1.82) is 0 Å². The Labute approximate surface area is 418 Å². The van der Waals surface area contributed by atoms with Gasteiger partial charge in [0.05, 0.1) is 0 Å². The lowest BCUT2D eigenvalue weighted by Crippen LogP contribution is -2.25. The van der Waals surface area contributed by atoms with Gasteiger partial charge < -0.3 is 18.7 Å². The molecule has 376 valence electrons. The van der Waals surface area contributed by atoms with Gasteiger partial charge in [-0.3, -0.25) is 0 Å². The highest BCUT2D eigenvalue weighted by atomic mass is 31.2. The van der Waals surface area contributed by atoms with E-state index in [2.05, 4.69) is 222 Å². The van der Waals surface area contributed by atoms with Gasteiger partial charge in [0.2, 0.25) is 0 Å². The number of benzene rings is 4. The fraction of sp³-hybridized carbons (Fsp3) is 0.619. The number of aromatic hydroxyl groups is 1. The number of hydrogen-bond acceptors (Lipinski definition) is 4. The van der Waals surface area contributed by atoms with Gasteiger partial charge in [-0.15, -0.1) is 0 Å². The van der Waals surface area contributed by atoms with Crippen molar-refractivity contribution in [2.45, 2.75) is 254 Å². The molecule has 0 amide bonds. The molecule has 1 atom stereocenters. The van der Waals surface area contributed by atoms with Gasteiger partial charge in [0, 0.05) is 40.2 Å². The van der Waals surface area contributed by atoms with Crippen LogP contribution in [-0.4, -0.2) is 5.11 Å². The first-order valence-corrected chi connectivity index (χ1v) is 27.2. The van der Waals surface area contributed by atoms with Crippen molar-refractivity contribution in [3.05, 3.63) is 115 Å². The molecule has 1 N–H and O–H groups in total. The Morgan fingerprint density at radius 3 is 1.16 bits per heavy atom. The standard InChI is InChI=1S/C63H95O4P/c1-26-60(18,19)44-31-40-30-41-32-45(61(20,21)27-2)38-51(63(24,25)29-4)54(41)66-68(65-53(40)50(37-44)62(22,23)28-3)67-55-47(34-43(57(9,10)11)36-49(55)59(15,16)17)39(5)46-33-42(56(6,7)8)35-48(52(46)64)58(12,13)14/h31-39,64H,26-30H2,1-25H3. The normalized spacial score (nSPS) is 15.2. The van der Waals surface area contributed by atoms with Gasteiger partial charge >= 0.3 is 8.60 Å². The number of fused-ring (bicyclic) bond motifs is 2. The van der Waals surface area contributed by atoms with Crippen molar-refractivity contribution in [3.8, 4) is 23.0 Å². The zero-order valence-electron chi connectivity index (χ0n) is 47.9. The van der Waals surface area contributed by atoms with Gasteiger partial charge in [0.15, 0.2) is 0 Å². The van der Waals surface area contributed by atoms with Crippen LogP contribution in [0.1, 0.15) is 271 Å². The van der Waals surface area contributed by atoms with E-state index in [9.17, 15) is 5.11 Å². The summed E-state index contributed by atoms with van der Waals surface area (Å²) in [4.78, 5) is 0. The Morgan fingerprint density at radius 1 is 0.456 bits per heavy atom. The van der Waals surface area contributed by atoms with Gasteiger partial charge in [-0.1, -0.05) is 222 Å². The smallest absolute Gasteiger partial charge is 0.507 e. The molecule has 1 aliphatic heterocycles. The topological polar surface area (TPSA) is 47.9 Å². The SMILES string of the molecule is CCC(C)(C)c1cc2c(c(C(C)(C)CC)c1)OP(Oc1c(C(C)c3cc(C(C)(C)C)cc(C(C)(C)C)c3O)cc(C(C)(C)C)cc1C(C)(C)C)Oc1c(cc(C(C)(C)CC)cc1C(C)(C)CC)C2. The molecule has 0 spiro atoms. The van der Waals surface area contributed by atoms with Crippen LogP contribution in [0.15, 0.2) is 48.5 Å². The summed E-state index contributed by atoms with van der Waals surface area (Å²) in [5, 5.41) is 12.5. The average Bonchev–Trinajstić information content (AvgIpc) is 3.21. The minimum absolute atomic E-state index is 0.0396. The summed E-state index contributed by atoms with van der Waals surface area (Å²) in [5.74, 6) is 2.63. The van der Waals surface area contributed by atoms with E-state index in [1.54, 1.807) is 0 Å². The zero-order chi connectivity index (χ0) is 51.7. The monoisotopic (exact) mass is 947 g/mol. The van der Waals surface area contributed by atoms with Crippen LogP contribution in [0.2, 0.25) is 0 Å². The molecular weight excluding hydrogens is 852 g/mol. The predicted octanol–water partition coefficient (Wildman–Crippen LogP) is 19.2. The highest BCUT2D eigenvalue weighted by molar-refractivity contribution is 7.43. The number of hydrogen-bond donors (Lipinski definition) is 1. The quantitative estimate of drug-likeness (QED) is 0.144. The van der Waals surface area contributed by atoms with Crippen molar-refractivity contribution in [1.82, 2.24) is 0 Å². The molecule has 0 aromatic heterocycles. The lowest BCUT2D eigenvalue weighted by atomic mass is 9.73. The Bertz CT molecular complexity index is 2380. The van der Waals surface area contributed by atoms with E-state index in [0.29, 0.717) is 12.2 Å². The molecule has 1 unspecified atom stereocenters. The molecule has 4 aromatic rings. The summed E-state index contributed by atoms with van der Waals surface area (Å²) in [6.45, 7) is 57.3. The summed E-state index contributed by atoms with van der Waals surface area (Å²) >= 11 is 0. The van der Waals surface area contributed by atoms with Gasteiger partial charge in [-0.25, -0.2) is 0 Å². The van der Waals surface area contributed by atoms with E-state index in [0.717, 1.165) is 65.2 Å². The maximum absolute atomic E-state index is 12.5. The molecule has 0 aliphatic carbocycles. The number of phenolic OH excluding ortho intramolecular Hbond substituents is 1. The lowest BCUT2D eigenvalue weighted by molar-refractivity contribution is 0.358. The third-order valence-corrected chi connectivity index (χ3v) is 17.3. The van der Waals surface area contributed by atoms with Crippen LogP contribution in [0, 0.1) is 0 Å². The fourth-order valence-electron chi connectivity index (χ4n) is 9.14. The maximum atomic E-state index is 12.5. The highest BCUT2D eigenvalue weighted by Gasteiger charge is 2.40. The molecule has 0 radical (unpaired) electrons. The molecule has 0 saturated heterocycles. The Balaban J connectivity index is 1.97. The molecular formula is C63H95O4P. The molecule has 1 heterocycles. The van der Waals surface area contributed by atoms with Crippen molar-refractivity contribution in [3.63, 3.8) is 0 Å². The van der Waals surface area contributed by atoms with Crippen LogP contribution < -0.4 is 13.6 Å². The number of phenols is 1. The molecule has 5 heteroatoms. The first-order valence-electron chi connectivity index (χ1n) is 26.1. The number of rotatable bonds is 12. The molecule has 0 bridgehead atoms. The minimum Gasteiger partial charge on any atom is -0.507 e. The minimum atomic E-state index is -2.11. The Kier molecular flexibility index (Phi) is 15.4. The largest absolute Gasteiger partial charge is 0.530 e. The van der Waals surface area contributed by atoms with Crippen molar-refractivity contribution in [2.24, 2.45) is 0 Å². The maximum Gasteiger partial charge on any atom is 0.530 e. The highest BCUT2D eigenvalue weighted by Crippen LogP contribution is 2.57. The predicted molar refractivity (Wildman–Crippen MR) is 295 cm³/mol. The summed E-state index contributed by atoms with van der Waals surface area (Å²) in [5.41, 5.74) is 12.4. The summed E-state index contributed by atoms with van der Waals surface area (Å²) < 4.78 is 22.8. The van der Waals surface area contributed by atoms with E-state index in [4.69, 9.17) is 13.6 Å². The summed E-state index contributed by atoms with van der Waals surface area (Å²) in [7, 11) is -2.11. The van der Waals surface area contributed by atoms with Crippen LogP contribution in [0.4, 0.5) is 0 Å². The summed E-state index contributed by atoms with van der Waals surface area (Å²) in [6.07, 6.45) is 4.60. The third kappa shape index (κ3) is 11.3. The Hall–Kier alpha value is -3.49. The molecule has 5 rings (SSSR count). The van der Waals surface area contributed by atoms with E-state index in [1.165, 1.54) is 44.5 Å². The zero-order valence-corrected chi connectivity index (χ0v) is 48.7. The fourth-order valence-corrected chi connectivity index (χ4v) is 10.3. The molecule has 68 heavy (non-hydrogen) atoms. The van der Waals surface area contributed by atoms with E-state index in [-0.39, 0.29) is 49.2 Å². The molecule has 1 aliphatic rings. The van der Waals surface area contributed by atoms with Crippen LogP contribution in [0.25, 0.3) is 0 Å². The second-order valence-corrected chi connectivity index (χ2v) is 28.3. The first-order chi connectivity index (χ1) is 30.8. The first kappa shape index (κ1) is 55.4.